The number of hydrogen-bond acceptors (Lipinski definition) is 4. The van der Waals surface area contributed by atoms with Gasteiger partial charge in [-0.15, -0.1) is 0 Å². The highest BCUT2D eigenvalue weighted by Gasteiger charge is 2.04. The summed E-state index contributed by atoms with van der Waals surface area (Å²) in [6.45, 7) is 0. The lowest BCUT2D eigenvalue weighted by Gasteiger charge is -2.07. The summed E-state index contributed by atoms with van der Waals surface area (Å²) >= 11 is 0. The molecule has 0 aliphatic rings. The maximum atomic E-state index is 8.68. The molecule has 0 atom stereocenters. The van der Waals surface area contributed by atoms with Crippen LogP contribution in [0.4, 0.5) is 5.69 Å². The number of anilines is 1. The lowest BCUT2D eigenvalue weighted by molar-refractivity contribution is 1.27. The Labute approximate surface area is 115 Å². The largest absolute Gasteiger partial charge is 0.317 e. The summed E-state index contributed by atoms with van der Waals surface area (Å²) in [7, 11) is 0. The van der Waals surface area contributed by atoms with Gasteiger partial charge in [0.25, 0.3) is 0 Å². The minimum atomic E-state index is -0.205. The molecule has 0 unspecified atom stereocenters. The van der Waals surface area contributed by atoms with Gasteiger partial charge in [0, 0.05) is 17.1 Å². The number of hydrazone groups is 1. The second-order valence-electron chi connectivity index (χ2n) is 4.17. The van der Waals surface area contributed by atoms with Gasteiger partial charge < -0.3 is 4.40 Å². The molecule has 20 heavy (non-hydrogen) atoms. The van der Waals surface area contributed by atoms with E-state index >= 15 is 0 Å². The molecule has 0 amide bonds. The van der Waals surface area contributed by atoms with E-state index in [1.807, 2.05) is 48.7 Å². The summed E-state index contributed by atoms with van der Waals surface area (Å²) in [6.07, 6.45) is 1.99. The number of nitrogens with one attached hydrogen (secondary N) is 1. The number of aromatic nitrogens is 1. The Balaban J connectivity index is 2.15. The SMILES string of the molecule is N#CC(C#N)=NNc1cccc2c1ccc1cccn12. The van der Waals surface area contributed by atoms with Crippen molar-refractivity contribution in [1.82, 2.24) is 4.40 Å². The Morgan fingerprint density at radius 2 is 1.90 bits per heavy atom. The van der Waals surface area contributed by atoms with Gasteiger partial charge in [-0.1, -0.05) is 6.07 Å². The maximum Gasteiger partial charge on any atom is 0.237 e. The molecule has 0 aliphatic carbocycles. The van der Waals surface area contributed by atoms with Crippen molar-refractivity contribution in [1.29, 1.82) is 10.5 Å². The lowest BCUT2D eigenvalue weighted by Crippen LogP contribution is -1.97. The molecule has 0 radical (unpaired) electrons. The van der Waals surface area contributed by atoms with Gasteiger partial charge in [-0.25, -0.2) is 0 Å². The summed E-state index contributed by atoms with van der Waals surface area (Å²) in [5, 5.41) is 22.1. The van der Waals surface area contributed by atoms with Crippen molar-refractivity contribution in [2.45, 2.75) is 0 Å². The highest BCUT2D eigenvalue weighted by molar-refractivity contribution is 6.10. The molecular formula is C15H9N5. The quantitative estimate of drug-likeness (QED) is 0.567. The van der Waals surface area contributed by atoms with Crippen molar-refractivity contribution in [3.05, 3.63) is 48.7 Å². The van der Waals surface area contributed by atoms with Gasteiger partial charge in [0.1, 0.15) is 12.1 Å². The average Bonchev–Trinajstić information content (AvgIpc) is 2.97. The topological polar surface area (TPSA) is 76.4 Å². The second-order valence-corrected chi connectivity index (χ2v) is 4.17. The van der Waals surface area contributed by atoms with Gasteiger partial charge >= 0.3 is 0 Å². The predicted molar refractivity (Wildman–Crippen MR) is 77.2 cm³/mol. The number of nitriles is 2. The molecule has 0 fully saturated rings. The van der Waals surface area contributed by atoms with Gasteiger partial charge in [-0.2, -0.15) is 15.6 Å². The fourth-order valence-electron chi connectivity index (χ4n) is 2.14. The second kappa shape index (κ2) is 4.75. The first-order chi connectivity index (χ1) is 9.83. The molecule has 94 valence electrons. The minimum Gasteiger partial charge on any atom is -0.317 e. The lowest BCUT2D eigenvalue weighted by atomic mass is 10.2. The van der Waals surface area contributed by atoms with Gasteiger partial charge in [-0.05, 0) is 36.4 Å². The molecule has 0 spiro atoms. The fraction of sp³-hybridized carbons (Fsp3) is 0. The van der Waals surface area contributed by atoms with E-state index in [2.05, 4.69) is 14.9 Å². The van der Waals surface area contributed by atoms with Crippen LogP contribution in [0.2, 0.25) is 0 Å². The molecule has 3 rings (SSSR count). The summed E-state index contributed by atoms with van der Waals surface area (Å²) in [5.74, 6) is 0. The third-order valence-electron chi connectivity index (χ3n) is 3.04. The Bertz CT molecular complexity index is 889. The number of nitrogens with zero attached hydrogens (tertiary/aromatic N) is 4. The first-order valence-corrected chi connectivity index (χ1v) is 5.96. The molecule has 3 aromatic rings. The number of fused-ring (bicyclic) bond motifs is 3. The fourth-order valence-corrected chi connectivity index (χ4v) is 2.14. The van der Waals surface area contributed by atoms with Gasteiger partial charge in [-0.3, -0.25) is 5.43 Å². The van der Waals surface area contributed by atoms with Crippen LogP contribution in [0.5, 0.6) is 0 Å². The van der Waals surface area contributed by atoms with Crippen LogP contribution in [0.3, 0.4) is 0 Å². The molecule has 2 heterocycles. The predicted octanol–water partition coefficient (Wildman–Crippen LogP) is 2.91. The van der Waals surface area contributed by atoms with Crippen LogP contribution in [0.25, 0.3) is 16.4 Å². The zero-order valence-corrected chi connectivity index (χ0v) is 10.4. The molecule has 5 heteroatoms. The van der Waals surface area contributed by atoms with Crippen LogP contribution < -0.4 is 5.43 Å². The number of pyridine rings is 1. The monoisotopic (exact) mass is 259 g/mol. The molecular weight excluding hydrogens is 250 g/mol. The van der Waals surface area contributed by atoms with Crippen molar-refractivity contribution in [3.63, 3.8) is 0 Å². The van der Waals surface area contributed by atoms with Crippen LogP contribution in [0.1, 0.15) is 0 Å². The number of hydrogen-bond donors (Lipinski definition) is 1. The highest BCUT2D eigenvalue weighted by Crippen LogP contribution is 2.25. The van der Waals surface area contributed by atoms with E-state index < -0.39 is 0 Å². The Morgan fingerprint density at radius 3 is 2.70 bits per heavy atom. The molecule has 0 saturated carbocycles. The van der Waals surface area contributed by atoms with E-state index in [0.29, 0.717) is 0 Å². The van der Waals surface area contributed by atoms with Crippen molar-refractivity contribution in [3.8, 4) is 12.1 Å². The van der Waals surface area contributed by atoms with E-state index in [9.17, 15) is 0 Å². The highest BCUT2D eigenvalue weighted by atomic mass is 15.3. The van der Waals surface area contributed by atoms with Crippen molar-refractivity contribution >= 4 is 27.8 Å². The normalized spacial score (nSPS) is 9.90. The van der Waals surface area contributed by atoms with Crippen LogP contribution in [-0.2, 0) is 0 Å². The molecule has 5 nitrogen and oxygen atoms in total. The van der Waals surface area contributed by atoms with E-state index in [1.54, 1.807) is 12.1 Å². The first kappa shape index (κ1) is 11.8. The van der Waals surface area contributed by atoms with Gasteiger partial charge in [0.2, 0.25) is 5.71 Å². The van der Waals surface area contributed by atoms with Gasteiger partial charge in [0.05, 0.1) is 11.2 Å². The van der Waals surface area contributed by atoms with Crippen LogP contribution in [-0.4, -0.2) is 10.1 Å². The van der Waals surface area contributed by atoms with E-state index in [-0.39, 0.29) is 5.71 Å². The Morgan fingerprint density at radius 1 is 1.05 bits per heavy atom. The zero-order chi connectivity index (χ0) is 13.9. The summed E-state index contributed by atoms with van der Waals surface area (Å²) in [5.41, 5.74) is 5.46. The van der Waals surface area contributed by atoms with E-state index in [4.69, 9.17) is 10.5 Å². The Hall–Kier alpha value is -3.31. The van der Waals surface area contributed by atoms with Crippen LogP contribution in [0, 0.1) is 22.7 Å². The zero-order valence-electron chi connectivity index (χ0n) is 10.4. The molecule has 0 bridgehead atoms. The van der Waals surface area contributed by atoms with Crippen molar-refractivity contribution in [2.24, 2.45) is 5.10 Å². The molecule has 0 saturated heterocycles. The van der Waals surface area contributed by atoms with E-state index in [0.717, 1.165) is 22.1 Å². The minimum absolute atomic E-state index is 0.205. The van der Waals surface area contributed by atoms with E-state index in [1.165, 1.54) is 0 Å². The summed E-state index contributed by atoms with van der Waals surface area (Å²) in [4.78, 5) is 0. The summed E-state index contributed by atoms with van der Waals surface area (Å²) in [6, 6.07) is 17.2. The third-order valence-corrected chi connectivity index (χ3v) is 3.04. The molecule has 1 aromatic carbocycles. The van der Waals surface area contributed by atoms with Gasteiger partial charge in [0.15, 0.2) is 0 Å². The smallest absolute Gasteiger partial charge is 0.237 e. The third kappa shape index (κ3) is 1.84. The maximum absolute atomic E-state index is 8.68. The van der Waals surface area contributed by atoms with Crippen LogP contribution >= 0.6 is 0 Å². The van der Waals surface area contributed by atoms with Crippen LogP contribution in [0.15, 0.2) is 53.8 Å². The molecule has 0 aliphatic heterocycles. The molecule has 2 aromatic heterocycles. The standard InChI is InChI=1S/C15H9N5/c16-9-11(10-17)18-19-14-4-1-5-15-13(14)7-6-12-3-2-8-20(12)15/h1-8,19H. The summed E-state index contributed by atoms with van der Waals surface area (Å²) < 4.78 is 2.07. The number of benzene rings is 1. The number of rotatable bonds is 2. The average molecular weight is 259 g/mol. The van der Waals surface area contributed by atoms with Crippen molar-refractivity contribution < 1.29 is 0 Å². The molecule has 1 N–H and O–H groups in total. The Kier molecular flexibility index (Phi) is 2.80. The van der Waals surface area contributed by atoms with Crippen molar-refractivity contribution in [2.75, 3.05) is 5.43 Å². The first-order valence-electron chi connectivity index (χ1n) is 5.96.